The Morgan fingerprint density at radius 3 is 1.55 bits per heavy atom. The molecule has 132 valence electrons. The number of carbonyl (C=O) groups is 1. The van der Waals surface area contributed by atoms with Gasteiger partial charge in [-0.3, -0.25) is 4.79 Å². The molecule has 0 spiro atoms. The topological polar surface area (TPSA) is 32.3 Å². The van der Waals surface area contributed by atoms with Crippen LogP contribution in [0.3, 0.4) is 0 Å². The minimum atomic E-state index is 0.143. The summed E-state index contributed by atoms with van der Waals surface area (Å²) in [6.45, 7) is 3.61. The molecule has 0 rings (SSSR count). The summed E-state index contributed by atoms with van der Waals surface area (Å²) in [5.74, 6) is 0.143. The third kappa shape index (κ3) is 17.5. The van der Waals surface area contributed by atoms with Crippen LogP contribution in [0.15, 0.2) is 0 Å². The van der Waals surface area contributed by atoms with Crippen molar-refractivity contribution in [2.75, 3.05) is 27.2 Å². The van der Waals surface area contributed by atoms with E-state index in [2.05, 4.69) is 12.2 Å². The maximum Gasteiger partial charge on any atom is 0.234 e. The van der Waals surface area contributed by atoms with Crippen molar-refractivity contribution in [2.24, 2.45) is 0 Å². The Kier molecular flexibility index (Phi) is 16.4. The van der Waals surface area contributed by atoms with Gasteiger partial charge in [-0.2, -0.15) is 0 Å². The summed E-state index contributed by atoms with van der Waals surface area (Å²) in [5, 5.41) is 2.97. The molecule has 0 aliphatic rings. The molecule has 0 heterocycles. The van der Waals surface area contributed by atoms with Crippen LogP contribution in [0, 0.1) is 0 Å². The van der Waals surface area contributed by atoms with E-state index in [0.717, 1.165) is 13.0 Å². The molecule has 0 fully saturated rings. The quantitative estimate of drug-likeness (QED) is 0.417. The Labute approximate surface area is 139 Å². The average Bonchev–Trinajstić information content (AvgIpc) is 2.47. The monoisotopic (exact) mass is 312 g/mol. The lowest BCUT2D eigenvalue weighted by Gasteiger charge is -2.09. The van der Waals surface area contributed by atoms with Crippen LogP contribution in [-0.2, 0) is 4.79 Å². The van der Waals surface area contributed by atoms with Gasteiger partial charge in [-0.25, -0.2) is 0 Å². The molecule has 0 atom stereocenters. The van der Waals surface area contributed by atoms with Gasteiger partial charge in [-0.05, 0) is 20.5 Å². The number of hydrogen-bond donors (Lipinski definition) is 1. The Hall–Kier alpha value is -0.570. The summed E-state index contributed by atoms with van der Waals surface area (Å²) >= 11 is 0. The van der Waals surface area contributed by atoms with Gasteiger partial charge in [0.1, 0.15) is 0 Å². The minimum absolute atomic E-state index is 0.143. The highest BCUT2D eigenvalue weighted by molar-refractivity contribution is 5.77. The van der Waals surface area contributed by atoms with Crippen LogP contribution >= 0.6 is 0 Å². The largest absolute Gasteiger partial charge is 0.355 e. The maximum atomic E-state index is 11.4. The fourth-order valence-corrected chi connectivity index (χ4v) is 2.71. The second-order valence-corrected chi connectivity index (χ2v) is 6.83. The van der Waals surface area contributed by atoms with E-state index < -0.39 is 0 Å². The summed E-state index contributed by atoms with van der Waals surface area (Å²) in [6.07, 6.45) is 17.8. The molecule has 0 saturated carbocycles. The van der Waals surface area contributed by atoms with Crippen molar-refractivity contribution < 1.29 is 4.79 Å². The number of rotatable bonds is 16. The Bertz CT molecular complexity index is 242. The van der Waals surface area contributed by atoms with Gasteiger partial charge >= 0.3 is 0 Å². The van der Waals surface area contributed by atoms with Gasteiger partial charge < -0.3 is 10.2 Å². The molecule has 0 aliphatic carbocycles. The molecule has 0 aromatic heterocycles. The molecule has 1 N–H and O–H groups in total. The van der Waals surface area contributed by atoms with Gasteiger partial charge in [-0.1, -0.05) is 84.0 Å². The summed E-state index contributed by atoms with van der Waals surface area (Å²) in [7, 11) is 3.84. The minimum Gasteiger partial charge on any atom is -0.355 e. The predicted molar refractivity (Wildman–Crippen MR) is 97.3 cm³/mol. The molecule has 0 aliphatic heterocycles. The summed E-state index contributed by atoms with van der Waals surface area (Å²) in [6, 6.07) is 0. The van der Waals surface area contributed by atoms with Crippen LogP contribution in [0.4, 0.5) is 0 Å². The lowest BCUT2D eigenvalue weighted by molar-refractivity contribution is -0.121. The highest BCUT2D eigenvalue weighted by atomic mass is 16.1. The average molecular weight is 313 g/mol. The Morgan fingerprint density at radius 1 is 0.727 bits per heavy atom. The molecule has 22 heavy (non-hydrogen) atoms. The van der Waals surface area contributed by atoms with Gasteiger partial charge in [0.15, 0.2) is 0 Å². The van der Waals surface area contributed by atoms with Crippen molar-refractivity contribution in [3.05, 3.63) is 0 Å². The molecule has 0 saturated heterocycles. The van der Waals surface area contributed by atoms with Gasteiger partial charge in [0.05, 0.1) is 6.54 Å². The van der Waals surface area contributed by atoms with Gasteiger partial charge in [0, 0.05) is 6.54 Å². The first-order chi connectivity index (χ1) is 10.7. The van der Waals surface area contributed by atoms with Crippen molar-refractivity contribution in [2.45, 2.75) is 90.4 Å². The van der Waals surface area contributed by atoms with E-state index in [0.29, 0.717) is 6.54 Å². The van der Waals surface area contributed by atoms with Crippen molar-refractivity contribution in [1.29, 1.82) is 0 Å². The van der Waals surface area contributed by atoms with E-state index in [4.69, 9.17) is 0 Å². The van der Waals surface area contributed by atoms with Crippen molar-refractivity contribution in [1.82, 2.24) is 10.2 Å². The fraction of sp³-hybridized carbons (Fsp3) is 0.947. The van der Waals surface area contributed by atoms with Crippen molar-refractivity contribution >= 4 is 5.91 Å². The first-order valence-corrected chi connectivity index (χ1v) is 9.58. The Balaban J connectivity index is 3.07. The number of unbranched alkanes of at least 4 members (excludes halogenated alkanes) is 12. The zero-order valence-electron chi connectivity index (χ0n) is 15.5. The summed E-state index contributed by atoms with van der Waals surface area (Å²) < 4.78 is 0. The van der Waals surface area contributed by atoms with E-state index in [1.54, 1.807) is 0 Å². The molecule has 0 bridgehead atoms. The Morgan fingerprint density at radius 2 is 1.14 bits per heavy atom. The second kappa shape index (κ2) is 16.8. The third-order valence-corrected chi connectivity index (χ3v) is 4.06. The van der Waals surface area contributed by atoms with Gasteiger partial charge in [0.2, 0.25) is 5.91 Å². The first-order valence-electron chi connectivity index (χ1n) is 9.58. The number of hydrogen-bond acceptors (Lipinski definition) is 2. The molecule has 0 unspecified atom stereocenters. The first kappa shape index (κ1) is 21.4. The molecule has 0 aromatic carbocycles. The van der Waals surface area contributed by atoms with Crippen LogP contribution in [0.5, 0.6) is 0 Å². The zero-order valence-corrected chi connectivity index (χ0v) is 15.5. The molecule has 0 radical (unpaired) electrons. The van der Waals surface area contributed by atoms with E-state index >= 15 is 0 Å². The molecular formula is C19H40N2O. The highest BCUT2D eigenvalue weighted by Gasteiger charge is 2.01. The number of nitrogens with one attached hydrogen (secondary N) is 1. The SMILES string of the molecule is CCCCCCCCCCCCCCCNC(=O)CN(C)C. The predicted octanol–water partition coefficient (Wildman–Crippen LogP) is 4.76. The molecular weight excluding hydrogens is 272 g/mol. The van der Waals surface area contributed by atoms with Crippen LogP contribution in [0.1, 0.15) is 90.4 Å². The lowest BCUT2D eigenvalue weighted by Crippen LogP contribution is -2.33. The lowest BCUT2D eigenvalue weighted by atomic mass is 10.0. The number of amides is 1. The number of likely N-dealkylation sites (N-methyl/N-ethyl adjacent to an activating group) is 1. The smallest absolute Gasteiger partial charge is 0.234 e. The van der Waals surface area contributed by atoms with Crippen LogP contribution in [0.2, 0.25) is 0 Å². The van der Waals surface area contributed by atoms with E-state index in [1.807, 2.05) is 19.0 Å². The zero-order chi connectivity index (χ0) is 16.5. The van der Waals surface area contributed by atoms with Crippen LogP contribution in [-0.4, -0.2) is 38.0 Å². The normalized spacial score (nSPS) is 11.1. The molecule has 1 amide bonds. The van der Waals surface area contributed by atoms with Gasteiger partial charge in [-0.15, -0.1) is 0 Å². The van der Waals surface area contributed by atoms with E-state index in [-0.39, 0.29) is 5.91 Å². The third-order valence-electron chi connectivity index (χ3n) is 4.06. The van der Waals surface area contributed by atoms with Crippen LogP contribution in [0.25, 0.3) is 0 Å². The fourth-order valence-electron chi connectivity index (χ4n) is 2.71. The number of nitrogens with zero attached hydrogens (tertiary/aromatic N) is 1. The van der Waals surface area contributed by atoms with Crippen molar-refractivity contribution in [3.63, 3.8) is 0 Å². The van der Waals surface area contributed by atoms with Gasteiger partial charge in [0.25, 0.3) is 0 Å². The standard InChI is InChI=1S/C19H40N2O/c1-4-5-6-7-8-9-10-11-12-13-14-15-16-17-20-19(22)18-21(2)3/h4-18H2,1-3H3,(H,20,22). The molecule has 3 nitrogen and oxygen atoms in total. The molecule has 3 heteroatoms. The second-order valence-electron chi connectivity index (χ2n) is 6.83. The highest BCUT2D eigenvalue weighted by Crippen LogP contribution is 2.12. The maximum absolute atomic E-state index is 11.4. The van der Waals surface area contributed by atoms with Crippen LogP contribution < -0.4 is 5.32 Å². The van der Waals surface area contributed by atoms with Crippen molar-refractivity contribution in [3.8, 4) is 0 Å². The summed E-state index contributed by atoms with van der Waals surface area (Å²) in [5.41, 5.74) is 0. The number of carbonyl (C=O) groups excluding carboxylic acids is 1. The van der Waals surface area contributed by atoms with E-state index in [9.17, 15) is 4.79 Å². The molecule has 0 aromatic rings. The van der Waals surface area contributed by atoms with E-state index in [1.165, 1.54) is 77.0 Å². The summed E-state index contributed by atoms with van der Waals surface area (Å²) in [4.78, 5) is 13.3.